The van der Waals surface area contributed by atoms with E-state index in [1.165, 1.54) is 16.4 Å². The molecule has 2 aromatic rings. The van der Waals surface area contributed by atoms with E-state index in [0.717, 1.165) is 5.56 Å². The molecule has 154 valence electrons. The van der Waals surface area contributed by atoms with Crippen molar-refractivity contribution in [2.45, 2.75) is 19.8 Å². The van der Waals surface area contributed by atoms with Crippen molar-refractivity contribution in [2.24, 2.45) is 0 Å². The highest BCUT2D eigenvalue weighted by atomic mass is 32.2. The standard InChI is InChI=1S/C20H22FN3O4S/c1-14-13-17(24-11-2-12-29(24,27)28)7-8-18(14)23-20(26)19(25)22-10-9-15-3-5-16(21)6-4-15/h3-8,13H,2,9-12H2,1H3,(H,22,25)(H,23,26). The quantitative estimate of drug-likeness (QED) is 0.725. The molecule has 0 aliphatic carbocycles. The van der Waals surface area contributed by atoms with Gasteiger partial charge in [-0.05, 0) is 61.2 Å². The molecular weight excluding hydrogens is 397 g/mol. The summed E-state index contributed by atoms with van der Waals surface area (Å²) in [5, 5.41) is 5.06. The zero-order valence-corrected chi connectivity index (χ0v) is 16.8. The fourth-order valence-electron chi connectivity index (χ4n) is 3.10. The third kappa shape index (κ3) is 5.11. The molecule has 7 nitrogen and oxygen atoms in total. The van der Waals surface area contributed by atoms with Gasteiger partial charge in [0.15, 0.2) is 0 Å². The molecule has 0 saturated carbocycles. The Kier molecular flexibility index (Phi) is 6.17. The fraction of sp³-hybridized carbons (Fsp3) is 0.300. The van der Waals surface area contributed by atoms with Crippen LogP contribution in [0.3, 0.4) is 0 Å². The van der Waals surface area contributed by atoms with Gasteiger partial charge in [-0.2, -0.15) is 0 Å². The highest BCUT2D eigenvalue weighted by Crippen LogP contribution is 2.27. The minimum Gasteiger partial charge on any atom is -0.347 e. The summed E-state index contributed by atoms with van der Waals surface area (Å²) in [5.41, 5.74) is 2.47. The van der Waals surface area contributed by atoms with Gasteiger partial charge in [-0.15, -0.1) is 0 Å². The second kappa shape index (κ2) is 8.60. The van der Waals surface area contributed by atoms with Crippen molar-refractivity contribution >= 4 is 33.2 Å². The van der Waals surface area contributed by atoms with E-state index in [1.54, 1.807) is 37.3 Å². The van der Waals surface area contributed by atoms with E-state index in [0.29, 0.717) is 36.3 Å². The lowest BCUT2D eigenvalue weighted by Crippen LogP contribution is -2.36. The molecule has 1 aliphatic rings. The van der Waals surface area contributed by atoms with Crippen LogP contribution in [0.15, 0.2) is 42.5 Å². The molecule has 1 fully saturated rings. The summed E-state index contributed by atoms with van der Waals surface area (Å²) >= 11 is 0. The summed E-state index contributed by atoms with van der Waals surface area (Å²) in [4.78, 5) is 24.1. The summed E-state index contributed by atoms with van der Waals surface area (Å²) in [6.45, 7) is 2.40. The predicted molar refractivity (Wildman–Crippen MR) is 109 cm³/mol. The second-order valence-electron chi connectivity index (χ2n) is 6.83. The van der Waals surface area contributed by atoms with E-state index in [9.17, 15) is 22.4 Å². The number of hydrogen-bond acceptors (Lipinski definition) is 4. The van der Waals surface area contributed by atoms with Gasteiger partial charge in [0, 0.05) is 18.8 Å². The van der Waals surface area contributed by atoms with Crippen molar-refractivity contribution < 1.29 is 22.4 Å². The fourth-order valence-corrected chi connectivity index (χ4v) is 4.66. The average molecular weight is 419 g/mol. The molecule has 0 atom stereocenters. The molecule has 29 heavy (non-hydrogen) atoms. The van der Waals surface area contributed by atoms with E-state index in [4.69, 9.17) is 0 Å². The van der Waals surface area contributed by atoms with Gasteiger partial charge < -0.3 is 10.6 Å². The SMILES string of the molecule is Cc1cc(N2CCCS2(=O)=O)ccc1NC(=O)C(=O)NCCc1ccc(F)cc1. The summed E-state index contributed by atoms with van der Waals surface area (Å²) in [7, 11) is -3.28. The normalized spacial score (nSPS) is 15.2. The molecule has 0 spiro atoms. The van der Waals surface area contributed by atoms with Crippen LogP contribution in [0.5, 0.6) is 0 Å². The van der Waals surface area contributed by atoms with Crippen molar-refractivity contribution in [3.05, 3.63) is 59.4 Å². The lowest BCUT2D eigenvalue weighted by atomic mass is 10.1. The number of rotatable bonds is 5. The first-order valence-corrected chi connectivity index (χ1v) is 10.8. The molecule has 3 rings (SSSR count). The lowest BCUT2D eigenvalue weighted by molar-refractivity contribution is -0.136. The van der Waals surface area contributed by atoms with E-state index >= 15 is 0 Å². The Morgan fingerprint density at radius 1 is 1.10 bits per heavy atom. The maximum absolute atomic E-state index is 12.9. The molecule has 0 unspecified atom stereocenters. The van der Waals surface area contributed by atoms with Crippen LogP contribution in [0.1, 0.15) is 17.5 Å². The minimum absolute atomic E-state index is 0.128. The van der Waals surface area contributed by atoms with Crippen LogP contribution in [0, 0.1) is 12.7 Å². The number of carbonyl (C=O) groups excluding carboxylic acids is 2. The number of amides is 2. The highest BCUT2D eigenvalue weighted by molar-refractivity contribution is 7.93. The Morgan fingerprint density at radius 2 is 1.83 bits per heavy atom. The Balaban J connectivity index is 1.55. The first-order chi connectivity index (χ1) is 13.8. The van der Waals surface area contributed by atoms with Crippen LogP contribution in [0.4, 0.5) is 15.8 Å². The van der Waals surface area contributed by atoms with Crippen molar-refractivity contribution in [1.29, 1.82) is 0 Å². The first-order valence-electron chi connectivity index (χ1n) is 9.21. The number of carbonyl (C=O) groups is 2. The van der Waals surface area contributed by atoms with Crippen molar-refractivity contribution in [3.8, 4) is 0 Å². The number of benzene rings is 2. The number of nitrogens with one attached hydrogen (secondary N) is 2. The lowest BCUT2D eigenvalue weighted by Gasteiger charge is -2.18. The number of anilines is 2. The van der Waals surface area contributed by atoms with Crippen LogP contribution < -0.4 is 14.9 Å². The molecule has 9 heteroatoms. The van der Waals surface area contributed by atoms with Gasteiger partial charge in [-0.1, -0.05) is 12.1 Å². The molecule has 0 aromatic heterocycles. The summed E-state index contributed by atoms with van der Waals surface area (Å²) in [6.07, 6.45) is 1.05. The Bertz CT molecular complexity index is 1020. The summed E-state index contributed by atoms with van der Waals surface area (Å²) < 4.78 is 38.3. The smallest absolute Gasteiger partial charge is 0.313 e. The Labute approximate surface area is 169 Å². The van der Waals surface area contributed by atoms with Gasteiger partial charge in [0.25, 0.3) is 0 Å². The number of nitrogens with zero attached hydrogens (tertiary/aromatic N) is 1. The first kappa shape index (κ1) is 20.8. The van der Waals surface area contributed by atoms with Crippen molar-refractivity contribution in [2.75, 3.05) is 28.5 Å². The van der Waals surface area contributed by atoms with Crippen LogP contribution in [0.25, 0.3) is 0 Å². The van der Waals surface area contributed by atoms with Crippen LogP contribution in [-0.4, -0.2) is 39.1 Å². The minimum atomic E-state index is -3.28. The van der Waals surface area contributed by atoms with Gasteiger partial charge >= 0.3 is 11.8 Å². The molecule has 2 aromatic carbocycles. The molecule has 0 radical (unpaired) electrons. The molecule has 1 saturated heterocycles. The van der Waals surface area contributed by atoms with E-state index < -0.39 is 21.8 Å². The van der Waals surface area contributed by atoms with Gasteiger partial charge in [0.05, 0.1) is 11.4 Å². The van der Waals surface area contributed by atoms with Crippen molar-refractivity contribution in [1.82, 2.24) is 5.32 Å². The number of aryl methyl sites for hydroxylation is 1. The van der Waals surface area contributed by atoms with Gasteiger partial charge in [-0.25, -0.2) is 12.8 Å². The Morgan fingerprint density at radius 3 is 2.45 bits per heavy atom. The second-order valence-corrected chi connectivity index (χ2v) is 8.84. The third-order valence-electron chi connectivity index (χ3n) is 4.66. The monoisotopic (exact) mass is 419 g/mol. The zero-order chi connectivity index (χ0) is 21.0. The molecule has 1 heterocycles. The molecule has 2 amide bonds. The molecule has 2 N–H and O–H groups in total. The van der Waals surface area contributed by atoms with E-state index in [2.05, 4.69) is 10.6 Å². The molecule has 0 bridgehead atoms. The summed E-state index contributed by atoms with van der Waals surface area (Å²) in [6, 6.07) is 10.8. The van der Waals surface area contributed by atoms with Crippen molar-refractivity contribution in [3.63, 3.8) is 0 Å². The van der Waals surface area contributed by atoms with Gasteiger partial charge in [0.1, 0.15) is 5.82 Å². The van der Waals surface area contributed by atoms with Gasteiger partial charge in [-0.3, -0.25) is 13.9 Å². The maximum atomic E-state index is 12.9. The maximum Gasteiger partial charge on any atom is 0.313 e. The number of halogens is 1. The van der Waals surface area contributed by atoms with E-state index in [-0.39, 0.29) is 18.1 Å². The predicted octanol–water partition coefficient (Wildman–Crippen LogP) is 1.97. The zero-order valence-electron chi connectivity index (χ0n) is 15.9. The third-order valence-corrected chi connectivity index (χ3v) is 6.53. The Hall–Kier alpha value is -2.94. The number of sulfonamides is 1. The van der Waals surface area contributed by atoms with E-state index in [1.807, 2.05) is 0 Å². The highest BCUT2D eigenvalue weighted by Gasteiger charge is 2.28. The van der Waals surface area contributed by atoms with Gasteiger partial charge in [0.2, 0.25) is 10.0 Å². The molecule has 1 aliphatic heterocycles. The average Bonchev–Trinajstić information content (AvgIpc) is 3.04. The summed E-state index contributed by atoms with van der Waals surface area (Å²) in [5.74, 6) is -1.80. The molecular formula is C20H22FN3O4S. The topological polar surface area (TPSA) is 95.6 Å². The van der Waals surface area contributed by atoms with Crippen LogP contribution >= 0.6 is 0 Å². The largest absolute Gasteiger partial charge is 0.347 e. The number of hydrogen-bond donors (Lipinski definition) is 2. The van der Waals surface area contributed by atoms with Crippen LogP contribution in [0.2, 0.25) is 0 Å². The van der Waals surface area contributed by atoms with Crippen LogP contribution in [-0.2, 0) is 26.0 Å².